The third kappa shape index (κ3) is 3.24. The van der Waals surface area contributed by atoms with Gasteiger partial charge in [-0.2, -0.15) is 5.10 Å². The summed E-state index contributed by atoms with van der Waals surface area (Å²) in [5.41, 5.74) is 7.56. The fourth-order valence-corrected chi connectivity index (χ4v) is 3.03. The minimum Gasteiger partial charge on any atom is -0.267 e. The van der Waals surface area contributed by atoms with Crippen LogP contribution in [0.1, 0.15) is 30.1 Å². The minimum absolute atomic E-state index is 0.244. The van der Waals surface area contributed by atoms with Crippen LogP contribution in [0, 0.1) is 0 Å². The van der Waals surface area contributed by atoms with Gasteiger partial charge in [0, 0.05) is 11.6 Å². The van der Waals surface area contributed by atoms with Crippen molar-refractivity contribution >= 4 is 22.5 Å². The number of carbonyl (C=O) groups is 1. The van der Waals surface area contributed by atoms with E-state index in [0.29, 0.717) is 11.3 Å². The van der Waals surface area contributed by atoms with Gasteiger partial charge in [-0.1, -0.05) is 29.8 Å². The lowest BCUT2D eigenvalue weighted by Gasteiger charge is -2.08. The summed E-state index contributed by atoms with van der Waals surface area (Å²) in [6.45, 7) is 2.07. The van der Waals surface area contributed by atoms with E-state index < -0.39 is 0 Å². The molecule has 2 heterocycles. The van der Waals surface area contributed by atoms with Crippen LogP contribution in [0.15, 0.2) is 71.5 Å². The van der Waals surface area contributed by atoms with Crippen molar-refractivity contribution in [2.24, 2.45) is 5.10 Å². The first kappa shape index (κ1) is 16.1. The Morgan fingerprint density at radius 1 is 1.08 bits per heavy atom. The quantitative estimate of drug-likeness (QED) is 0.728. The summed E-state index contributed by atoms with van der Waals surface area (Å²) in [6, 6.07) is 15.0. The highest BCUT2D eigenvalue weighted by Gasteiger charge is 2.15. The molecule has 0 fully saturated rings. The Balaban J connectivity index is 1.74. The van der Waals surface area contributed by atoms with Crippen molar-refractivity contribution in [2.75, 3.05) is 0 Å². The molecule has 0 atom stereocenters. The van der Waals surface area contributed by atoms with E-state index in [-0.39, 0.29) is 5.91 Å². The molecule has 1 amide bonds. The number of hydrogen-bond donors (Lipinski definition) is 1. The van der Waals surface area contributed by atoms with Gasteiger partial charge in [-0.3, -0.25) is 9.78 Å². The van der Waals surface area contributed by atoms with E-state index >= 15 is 0 Å². The number of benzene rings is 1. The molecule has 1 N–H and O–H groups in total. The highest BCUT2D eigenvalue weighted by atomic mass is 16.2. The molecular weight excluding hydrogens is 324 g/mol. The van der Waals surface area contributed by atoms with E-state index in [0.717, 1.165) is 35.2 Å². The summed E-state index contributed by atoms with van der Waals surface area (Å²) >= 11 is 0. The van der Waals surface area contributed by atoms with Crippen molar-refractivity contribution in [1.82, 2.24) is 15.4 Å². The summed E-state index contributed by atoms with van der Waals surface area (Å²) in [4.78, 5) is 21.8. The van der Waals surface area contributed by atoms with E-state index in [1.165, 1.54) is 5.57 Å². The number of rotatable bonds is 3. The van der Waals surface area contributed by atoms with Gasteiger partial charge in [-0.05, 0) is 50.1 Å². The summed E-state index contributed by atoms with van der Waals surface area (Å²) < 4.78 is 0. The second kappa shape index (κ2) is 6.88. The second-order valence-electron chi connectivity index (χ2n) is 6.32. The molecule has 0 radical (unpaired) electrons. The lowest BCUT2D eigenvalue weighted by atomic mass is 10.1. The molecule has 0 aliphatic heterocycles. The largest absolute Gasteiger partial charge is 0.272 e. The number of carbonyl (C=O) groups excluding carboxylic acids is 1. The molecule has 4 rings (SSSR count). The number of fused-ring (bicyclic) bond motifs is 1. The van der Waals surface area contributed by atoms with Crippen LogP contribution < -0.4 is 5.43 Å². The number of nitrogens with zero attached hydrogens (tertiary/aromatic N) is 3. The Hall–Kier alpha value is -3.34. The summed E-state index contributed by atoms with van der Waals surface area (Å²) in [5.74, 6) is -0.244. The van der Waals surface area contributed by atoms with Gasteiger partial charge in [-0.15, -0.1) is 0 Å². The van der Waals surface area contributed by atoms with Gasteiger partial charge in [0.1, 0.15) is 0 Å². The van der Waals surface area contributed by atoms with Crippen molar-refractivity contribution < 1.29 is 4.79 Å². The monoisotopic (exact) mass is 342 g/mol. The van der Waals surface area contributed by atoms with Gasteiger partial charge in [0.15, 0.2) is 0 Å². The maximum Gasteiger partial charge on any atom is 0.272 e. The summed E-state index contributed by atoms with van der Waals surface area (Å²) in [7, 11) is 0. The van der Waals surface area contributed by atoms with Crippen molar-refractivity contribution in [2.45, 2.75) is 19.8 Å². The van der Waals surface area contributed by atoms with E-state index in [1.807, 2.05) is 48.5 Å². The maximum absolute atomic E-state index is 12.8. The lowest BCUT2D eigenvalue weighted by molar-refractivity contribution is 0.0956. The van der Waals surface area contributed by atoms with E-state index in [2.05, 4.69) is 27.4 Å². The van der Waals surface area contributed by atoms with Gasteiger partial charge in [0.05, 0.1) is 28.2 Å². The van der Waals surface area contributed by atoms with Gasteiger partial charge in [0.25, 0.3) is 5.91 Å². The topological polar surface area (TPSA) is 67.2 Å². The Bertz CT molecular complexity index is 1040. The van der Waals surface area contributed by atoms with Crippen LogP contribution >= 0.6 is 0 Å². The smallest absolute Gasteiger partial charge is 0.267 e. The molecular formula is C21H18N4O. The van der Waals surface area contributed by atoms with E-state index in [9.17, 15) is 4.79 Å². The second-order valence-corrected chi connectivity index (χ2v) is 6.32. The Labute approximate surface area is 151 Å². The van der Waals surface area contributed by atoms with Crippen LogP contribution in [-0.2, 0) is 0 Å². The molecule has 3 aromatic rings. The van der Waals surface area contributed by atoms with E-state index in [4.69, 9.17) is 0 Å². The Morgan fingerprint density at radius 3 is 2.69 bits per heavy atom. The Kier molecular flexibility index (Phi) is 4.27. The zero-order valence-corrected chi connectivity index (χ0v) is 14.4. The molecule has 0 saturated heterocycles. The lowest BCUT2D eigenvalue weighted by Crippen LogP contribution is -2.19. The standard InChI is InChI=1S/C21H18N4O/c1-14-9-10-15(12-14)24-25-21(26)17-13-20(19-8-4-5-11-22-19)23-18-7-3-2-6-16(17)18/h2-8,11-13H,9-10H2,1H3,(H,25,26)/b24-15+. The molecule has 0 bridgehead atoms. The zero-order chi connectivity index (χ0) is 17.9. The third-order valence-corrected chi connectivity index (χ3v) is 4.38. The zero-order valence-electron chi connectivity index (χ0n) is 14.4. The number of allylic oxidation sites excluding steroid dienone is 2. The number of hydrogen-bond acceptors (Lipinski definition) is 4. The Morgan fingerprint density at radius 2 is 1.92 bits per heavy atom. The molecule has 0 spiro atoms. The van der Waals surface area contributed by atoms with Crippen LogP contribution in [0.3, 0.4) is 0 Å². The van der Waals surface area contributed by atoms with Crippen LogP contribution in [0.25, 0.3) is 22.3 Å². The van der Waals surface area contributed by atoms with Crippen molar-refractivity contribution in [3.8, 4) is 11.4 Å². The fraction of sp³-hybridized carbons (Fsp3) is 0.143. The third-order valence-electron chi connectivity index (χ3n) is 4.38. The van der Waals surface area contributed by atoms with Crippen LogP contribution in [0.4, 0.5) is 0 Å². The normalized spacial score (nSPS) is 15.3. The minimum atomic E-state index is -0.244. The van der Waals surface area contributed by atoms with Crippen LogP contribution in [-0.4, -0.2) is 21.6 Å². The first-order chi connectivity index (χ1) is 12.7. The van der Waals surface area contributed by atoms with Gasteiger partial charge in [0.2, 0.25) is 0 Å². The molecule has 1 aromatic carbocycles. The van der Waals surface area contributed by atoms with Crippen molar-refractivity contribution in [3.63, 3.8) is 0 Å². The van der Waals surface area contributed by atoms with Gasteiger partial charge >= 0.3 is 0 Å². The predicted octanol–water partition coefficient (Wildman–Crippen LogP) is 4.12. The van der Waals surface area contributed by atoms with E-state index in [1.54, 1.807) is 12.3 Å². The molecule has 1 aliphatic rings. The summed E-state index contributed by atoms with van der Waals surface area (Å²) in [5, 5.41) is 5.06. The molecule has 0 unspecified atom stereocenters. The number of nitrogens with one attached hydrogen (secondary N) is 1. The molecule has 2 aromatic heterocycles. The number of para-hydroxylation sites is 1. The molecule has 26 heavy (non-hydrogen) atoms. The predicted molar refractivity (Wildman–Crippen MR) is 103 cm³/mol. The molecule has 128 valence electrons. The summed E-state index contributed by atoms with van der Waals surface area (Å²) in [6.07, 6.45) is 5.59. The first-order valence-electron chi connectivity index (χ1n) is 8.56. The molecule has 5 nitrogen and oxygen atoms in total. The molecule has 5 heteroatoms. The highest BCUT2D eigenvalue weighted by molar-refractivity contribution is 6.08. The van der Waals surface area contributed by atoms with Gasteiger partial charge < -0.3 is 0 Å². The number of amides is 1. The fourth-order valence-electron chi connectivity index (χ4n) is 3.03. The van der Waals surface area contributed by atoms with Crippen LogP contribution in [0.5, 0.6) is 0 Å². The number of pyridine rings is 2. The SMILES string of the molecule is CC1=C/C(=N/NC(=O)c2cc(-c3ccccn3)nc3ccccc23)CC1. The molecule has 0 saturated carbocycles. The van der Waals surface area contributed by atoms with Gasteiger partial charge in [-0.25, -0.2) is 10.4 Å². The maximum atomic E-state index is 12.8. The highest BCUT2D eigenvalue weighted by Crippen LogP contribution is 2.23. The molecule has 1 aliphatic carbocycles. The van der Waals surface area contributed by atoms with Crippen molar-refractivity contribution in [1.29, 1.82) is 0 Å². The number of aromatic nitrogens is 2. The first-order valence-corrected chi connectivity index (χ1v) is 8.56. The average molecular weight is 342 g/mol. The van der Waals surface area contributed by atoms with Crippen molar-refractivity contribution in [3.05, 3.63) is 71.9 Å². The van der Waals surface area contributed by atoms with Crippen LogP contribution in [0.2, 0.25) is 0 Å². The average Bonchev–Trinajstić information content (AvgIpc) is 3.11. The number of hydrazone groups is 1.